The van der Waals surface area contributed by atoms with Crippen LogP contribution in [-0.2, 0) is 13.0 Å². The van der Waals surface area contributed by atoms with Gasteiger partial charge in [-0.3, -0.25) is 4.90 Å². The second-order valence-electron chi connectivity index (χ2n) is 6.72. The van der Waals surface area contributed by atoms with Crippen molar-refractivity contribution in [1.29, 1.82) is 0 Å². The Labute approximate surface area is 123 Å². The molecule has 2 rings (SSSR count). The molecule has 1 aromatic rings. The summed E-state index contributed by atoms with van der Waals surface area (Å²) in [6, 6.07) is 6.40. The molecule has 0 aliphatic carbocycles. The van der Waals surface area contributed by atoms with Crippen LogP contribution in [0.4, 0.5) is 0 Å². The van der Waals surface area contributed by atoms with Gasteiger partial charge in [0.05, 0.1) is 7.11 Å². The Hall–Kier alpha value is -1.06. The first kappa shape index (κ1) is 15.3. The van der Waals surface area contributed by atoms with E-state index in [1.165, 1.54) is 11.1 Å². The van der Waals surface area contributed by atoms with Crippen LogP contribution in [0.5, 0.6) is 5.75 Å². The second-order valence-corrected chi connectivity index (χ2v) is 6.72. The van der Waals surface area contributed by atoms with E-state index in [2.05, 4.69) is 55.8 Å². The van der Waals surface area contributed by atoms with Gasteiger partial charge in [-0.2, -0.15) is 0 Å². The van der Waals surface area contributed by atoms with Gasteiger partial charge in [0.25, 0.3) is 0 Å². The second kappa shape index (κ2) is 6.15. The van der Waals surface area contributed by atoms with Crippen LogP contribution in [0.25, 0.3) is 0 Å². The molecule has 0 unspecified atom stereocenters. The lowest BCUT2D eigenvalue weighted by Crippen LogP contribution is -2.43. The van der Waals surface area contributed by atoms with E-state index in [0.29, 0.717) is 0 Å². The Bertz CT molecular complexity index is 437. The lowest BCUT2D eigenvalue weighted by atomic mass is 9.98. The van der Waals surface area contributed by atoms with E-state index < -0.39 is 0 Å². The third-order valence-electron chi connectivity index (χ3n) is 4.43. The van der Waals surface area contributed by atoms with E-state index in [1.54, 1.807) is 7.11 Å². The monoisotopic (exact) mass is 276 g/mol. The first-order valence-corrected chi connectivity index (χ1v) is 7.50. The van der Waals surface area contributed by atoms with Gasteiger partial charge >= 0.3 is 0 Å². The Morgan fingerprint density at radius 2 is 2.05 bits per heavy atom. The summed E-state index contributed by atoms with van der Waals surface area (Å²) in [6.45, 7) is 11.2. The zero-order valence-corrected chi connectivity index (χ0v) is 13.6. The Morgan fingerprint density at radius 1 is 1.30 bits per heavy atom. The van der Waals surface area contributed by atoms with E-state index >= 15 is 0 Å². The molecule has 3 nitrogen and oxygen atoms in total. The Kier molecular flexibility index (Phi) is 4.71. The maximum Gasteiger partial charge on any atom is 0.123 e. The Morgan fingerprint density at radius 3 is 2.70 bits per heavy atom. The summed E-state index contributed by atoms with van der Waals surface area (Å²) in [7, 11) is 3.97. The van der Waals surface area contributed by atoms with Crippen LogP contribution in [0.3, 0.4) is 0 Å². The molecular weight excluding hydrogens is 248 g/mol. The molecule has 112 valence electrons. The SMILES string of the molecule is COc1cccc2c1CN(CCN(C)C(C)(C)C)CC2. The topological polar surface area (TPSA) is 15.7 Å². The molecule has 0 N–H and O–H groups in total. The maximum atomic E-state index is 5.50. The molecular formula is C17H28N2O. The minimum Gasteiger partial charge on any atom is -0.496 e. The van der Waals surface area contributed by atoms with Crippen LogP contribution in [-0.4, -0.2) is 49.1 Å². The molecule has 0 spiro atoms. The van der Waals surface area contributed by atoms with Crippen molar-refractivity contribution in [3.63, 3.8) is 0 Å². The van der Waals surface area contributed by atoms with Crippen molar-refractivity contribution in [2.24, 2.45) is 0 Å². The zero-order valence-electron chi connectivity index (χ0n) is 13.6. The third kappa shape index (κ3) is 3.53. The highest BCUT2D eigenvalue weighted by molar-refractivity contribution is 5.41. The van der Waals surface area contributed by atoms with Gasteiger partial charge in [-0.15, -0.1) is 0 Å². The summed E-state index contributed by atoms with van der Waals surface area (Å²) in [5.41, 5.74) is 3.07. The first-order chi connectivity index (χ1) is 9.41. The van der Waals surface area contributed by atoms with E-state index in [0.717, 1.165) is 38.3 Å². The van der Waals surface area contributed by atoms with E-state index in [1.807, 2.05) is 0 Å². The van der Waals surface area contributed by atoms with Crippen molar-refractivity contribution in [3.05, 3.63) is 29.3 Å². The molecule has 0 fully saturated rings. The molecule has 0 aromatic heterocycles. The molecule has 20 heavy (non-hydrogen) atoms. The molecule has 0 radical (unpaired) electrons. The summed E-state index contributed by atoms with van der Waals surface area (Å²) in [4.78, 5) is 4.96. The quantitative estimate of drug-likeness (QED) is 0.841. The normalized spacial score (nSPS) is 16.3. The molecule has 0 saturated carbocycles. The van der Waals surface area contributed by atoms with Crippen LogP contribution in [0.2, 0.25) is 0 Å². The van der Waals surface area contributed by atoms with Gasteiger partial charge in [-0.05, 0) is 45.9 Å². The number of likely N-dealkylation sites (N-methyl/N-ethyl adjacent to an activating group) is 1. The fourth-order valence-electron chi connectivity index (χ4n) is 2.61. The molecule has 1 aliphatic heterocycles. The standard InChI is InChI=1S/C17H28N2O/c1-17(2,3)18(4)11-12-19-10-9-14-7-6-8-16(20-5)15(14)13-19/h6-8H,9-13H2,1-5H3. The first-order valence-electron chi connectivity index (χ1n) is 7.50. The van der Waals surface area contributed by atoms with Crippen molar-refractivity contribution in [3.8, 4) is 5.75 Å². The van der Waals surface area contributed by atoms with Crippen LogP contribution in [0, 0.1) is 0 Å². The highest BCUT2D eigenvalue weighted by atomic mass is 16.5. The minimum absolute atomic E-state index is 0.241. The molecule has 1 aliphatic rings. The van der Waals surface area contributed by atoms with E-state index in [9.17, 15) is 0 Å². The van der Waals surface area contributed by atoms with Gasteiger partial charge in [-0.1, -0.05) is 12.1 Å². The number of methoxy groups -OCH3 is 1. The number of ether oxygens (including phenoxy) is 1. The lowest BCUT2D eigenvalue weighted by molar-refractivity contribution is 0.140. The van der Waals surface area contributed by atoms with Crippen LogP contribution in [0.1, 0.15) is 31.9 Å². The van der Waals surface area contributed by atoms with Crippen LogP contribution >= 0.6 is 0 Å². The number of hydrogen-bond donors (Lipinski definition) is 0. The molecule has 0 saturated heterocycles. The molecule has 0 atom stereocenters. The highest BCUT2D eigenvalue weighted by Crippen LogP contribution is 2.27. The number of rotatable bonds is 4. The average Bonchev–Trinajstić information content (AvgIpc) is 2.42. The maximum absolute atomic E-state index is 5.50. The van der Waals surface area contributed by atoms with Crippen molar-refractivity contribution >= 4 is 0 Å². The summed E-state index contributed by atoms with van der Waals surface area (Å²) < 4.78 is 5.50. The summed E-state index contributed by atoms with van der Waals surface area (Å²) in [5, 5.41) is 0. The highest BCUT2D eigenvalue weighted by Gasteiger charge is 2.21. The van der Waals surface area contributed by atoms with Crippen LogP contribution in [0.15, 0.2) is 18.2 Å². The van der Waals surface area contributed by atoms with Gasteiger partial charge in [0.15, 0.2) is 0 Å². The van der Waals surface area contributed by atoms with Gasteiger partial charge in [0.1, 0.15) is 5.75 Å². The lowest BCUT2D eigenvalue weighted by Gasteiger charge is -2.35. The zero-order chi connectivity index (χ0) is 14.8. The fraction of sp³-hybridized carbons (Fsp3) is 0.647. The summed E-state index contributed by atoms with van der Waals surface area (Å²) in [5.74, 6) is 1.04. The minimum atomic E-state index is 0.241. The number of nitrogens with zero attached hydrogens (tertiary/aromatic N) is 2. The van der Waals surface area contributed by atoms with Gasteiger partial charge < -0.3 is 9.64 Å². The molecule has 0 amide bonds. The predicted molar refractivity (Wildman–Crippen MR) is 84.4 cm³/mol. The third-order valence-corrected chi connectivity index (χ3v) is 4.43. The average molecular weight is 276 g/mol. The number of hydrogen-bond acceptors (Lipinski definition) is 3. The molecule has 3 heteroatoms. The van der Waals surface area contributed by atoms with Crippen molar-refractivity contribution in [1.82, 2.24) is 9.80 Å². The largest absolute Gasteiger partial charge is 0.496 e. The summed E-state index contributed by atoms with van der Waals surface area (Å²) >= 11 is 0. The number of fused-ring (bicyclic) bond motifs is 1. The Balaban J connectivity index is 1.97. The van der Waals surface area contributed by atoms with Gasteiger partial charge in [-0.25, -0.2) is 0 Å². The van der Waals surface area contributed by atoms with Crippen molar-refractivity contribution in [2.75, 3.05) is 33.8 Å². The van der Waals surface area contributed by atoms with Crippen molar-refractivity contribution in [2.45, 2.75) is 39.3 Å². The van der Waals surface area contributed by atoms with E-state index in [-0.39, 0.29) is 5.54 Å². The van der Waals surface area contributed by atoms with E-state index in [4.69, 9.17) is 4.74 Å². The smallest absolute Gasteiger partial charge is 0.123 e. The molecule has 1 aromatic carbocycles. The van der Waals surface area contributed by atoms with Gasteiger partial charge in [0, 0.05) is 37.3 Å². The van der Waals surface area contributed by atoms with Crippen molar-refractivity contribution < 1.29 is 4.74 Å². The van der Waals surface area contributed by atoms with Crippen LogP contribution < -0.4 is 4.74 Å². The molecule has 1 heterocycles. The van der Waals surface area contributed by atoms with Gasteiger partial charge in [0.2, 0.25) is 0 Å². The number of benzene rings is 1. The fourth-order valence-corrected chi connectivity index (χ4v) is 2.61. The predicted octanol–water partition coefficient (Wildman–Crippen LogP) is 2.78. The molecule has 0 bridgehead atoms. The summed E-state index contributed by atoms with van der Waals surface area (Å²) in [6.07, 6.45) is 1.13.